The summed E-state index contributed by atoms with van der Waals surface area (Å²) in [5.41, 5.74) is 6.91. The van der Waals surface area contributed by atoms with Crippen molar-refractivity contribution in [3.63, 3.8) is 0 Å². The molecule has 3 aliphatic rings. The lowest BCUT2D eigenvalue weighted by Crippen LogP contribution is -2.33. The van der Waals surface area contributed by atoms with Gasteiger partial charge in [-0.05, 0) is 71.6 Å². The van der Waals surface area contributed by atoms with Crippen molar-refractivity contribution >= 4 is 11.4 Å². The highest BCUT2D eigenvalue weighted by Crippen LogP contribution is 2.57. The Labute approximate surface area is 138 Å². The van der Waals surface area contributed by atoms with E-state index in [0.29, 0.717) is 18.1 Å². The molecule has 0 saturated heterocycles. The monoisotopic (exact) mass is 308 g/mol. The number of Topliss-reactive ketones (excluding diaryl/α,β-unsaturated/α-hetero) is 1. The number of carbonyl (C=O) groups is 1. The average molecular weight is 308 g/mol. The second kappa shape index (κ2) is 5.09. The zero-order valence-corrected chi connectivity index (χ0v) is 14.2. The third-order valence-electron chi connectivity index (χ3n) is 6.26. The van der Waals surface area contributed by atoms with E-state index in [9.17, 15) is 4.79 Å². The normalized spacial score (nSPS) is 28.9. The van der Waals surface area contributed by atoms with Crippen LogP contribution >= 0.6 is 0 Å². The van der Waals surface area contributed by atoms with Crippen LogP contribution in [0.5, 0.6) is 5.75 Å². The minimum absolute atomic E-state index is 0.178. The summed E-state index contributed by atoms with van der Waals surface area (Å²) in [6.45, 7) is 4.47. The first kappa shape index (κ1) is 14.7. The SMILES string of the molecule is CCC12CCC3=C(CC(C)c4cc(OC)ccc43)C1=CCC2=O. The lowest BCUT2D eigenvalue weighted by Gasteiger charge is -2.41. The Balaban J connectivity index is 1.88. The second-order valence-electron chi connectivity index (χ2n) is 7.20. The fraction of sp³-hybridized carbons (Fsp3) is 0.476. The predicted molar refractivity (Wildman–Crippen MR) is 92.6 cm³/mol. The zero-order chi connectivity index (χ0) is 16.2. The number of hydrogen-bond donors (Lipinski definition) is 0. The van der Waals surface area contributed by atoms with Gasteiger partial charge < -0.3 is 4.74 Å². The van der Waals surface area contributed by atoms with E-state index >= 15 is 0 Å². The van der Waals surface area contributed by atoms with E-state index < -0.39 is 0 Å². The van der Waals surface area contributed by atoms with Gasteiger partial charge in [-0.3, -0.25) is 4.79 Å². The second-order valence-corrected chi connectivity index (χ2v) is 7.20. The van der Waals surface area contributed by atoms with Crippen molar-refractivity contribution in [2.45, 2.75) is 51.9 Å². The van der Waals surface area contributed by atoms with E-state index in [-0.39, 0.29) is 5.41 Å². The van der Waals surface area contributed by atoms with Gasteiger partial charge >= 0.3 is 0 Å². The van der Waals surface area contributed by atoms with Crippen molar-refractivity contribution in [2.24, 2.45) is 5.41 Å². The van der Waals surface area contributed by atoms with Crippen LogP contribution in [0.3, 0.4) is 0 Å². The maximum Gasteiger partial charge on any atom is 0.147 e. The fourth-order valence-corrected chi connectivity index (χ4v) is 4.93. The van der Waals surface area contributed by atoms with Crippen LogP contribution in [0.15, 0.2) is 35.4 Å². The summed E-state index contributed by atoms with van der Waals surface area (Å²) < 4.78 is 5.41. The van der Waals surface area contributed by atoms with E-state index in [4.69, 9.17) is 4.74 Å². The molecular formula is C21H24O2. The van der Waals surface area contributed by atoms with Crippen LogP contribution < -0.4 is 4.74 Å². The Morgan fingerprint density at radius 2 is 2.13 bits per heavy atom. The maximum absolute atomic E-state index is 12.6. The van der Waals surface area contributed by atoms with Gasteiger partial charge in [-0.25, -0.2) is 0 Å². The smallest absolute Gasteiger partial charge is 0.147 e. The summed E-state index contributed by atoms with van der Waals surface area (Å²) in [5, 5.41) is 0. The highest BCUT2D eigenvalue weighted by Gasteiger charge is 2.48. The third-order valence-corrected chi connectivity index (χ3v) is 6.26. The molecule has 1 aromatic carbocycles. The molecule has 0 fully saturated rings. The number of ether oxygens (including phenoxy) is 1. The van der Waals surface area contributed by atoms with Crippen LogP contribution in [-0.2, 0) is 4.79 Å². The molecule has 120 valence electrons. The quantitative estimate of drug-likeness (QED) is 0.764. The number of fused-ring (bicyclic) bond motifs is 4. The van der Waals surface area contributed by atoms with Crippen molar-refractivity contribution in [2.75, 3.05) is 7.11 Å². The van der Waals surface area contributed by atoms with Gasteiger partial charge in [-0.15, -0.1) is 0 Å². The summed E-state index contributed by atoms with van der Waals surface area (Å²) in [6, 6.07) is 6.48. The molecule has 0 aromatic heterocycles. The van der Waals surface area contributed by atoms with Gasteiger partial charge in [0.1, 0.15) is 11.5 Å². The van der Waals surface area contributed by atoms with Crippen LogP contribution in [0.2, 0.25) is 0 Å². The molecule has 1 aromatic rings. The van der Waals surface area contributed by atoms with Crippen molar-refractivity contribution in [1.82, 2.24) is 0 Å². The van der Waals surface area contributed by atoms with Crippen molar-refractivity contribution < 1.29 is 9.53 Å². The van der Waals surface area contributed by atoms with Crippen molar-refractivity contribution in [3.05, 3.63) is 46.5 Å². The molecule has 0 spiro atoms. The van der Waals surface area contributed by atoms with E-state index in [2.05, 4.69) is 38.1 Å². The Hall–Kier alpha value is -1.83. The van der Waals surface area contributed by atoms with Gasteiger partial charge in [-0.1, -0.05) is 26.0 Å². The molecule has 0 heterocycles. The van der Waals surface area contributed by atoms with Gasteiger partial charge in [0, 0.05) is 6.42 Å². The summed E-state index contributed by atoms with van der Waals surface area (Å²) in [4.78, 5) is 12.6. The van der Waals surface area contributed by atoms with Crippen molar-refractivity contribution in [3.8, 4) is 5.75 Å². The largest absolute Gasteiger partial charge is 0.497 e. The molecule has 23 heavy (non-hydrogen) atoms. The Morgan fingerprint density at radius 1 is 1.30 bits per heavy atom. The van der Waals surface area contributed by atoms with Gasteiger partial charge in [0.15, 0.2) is 0 Å². The molecule has 0 aliphatic heterocycles. The first-order valence-electron chi connectivity index (χ1n) is 8.75. The van der Waals surface area contributed by atoms with E-state index in [1.165, 1.54) is 27.8 Å². The molecule has 0 radical (unpaired) electrons. The van der Waals surface area contributed by atoms with E-state index in [0.717, 1.165) is 31.4 Å². The average Bonchev–Trinajstić information content (AvgIpc) is 2.92. The van der Waals surface area contributed by atoms with Crippen LogP contribution in [0.25, 0.3) is 5.57 Å². The van der Waals surface area contributed by atoms with Crippen LogP contribution in [0.1, 0.15) is 63.0 Å². The first-order chi connectivity index (χ1) is 11.1. The van der Waals surface area contributed by atoms with Gasteiger partial charge in [0.25, 0.3) is 0 Å². The number of allylic oxidation sites excluding steroid dienone is 4. The standard InChI is InChI=1S/C21H24O2/c1-4-21-10-9-16-15-6-5-14(23-3)12-17(15)13(2)11-18(16)19(21)7-8-20(21)22/h5-7,12-13H,4,8-11H2,1-3H3. The minimum atomic E-state index is -0.178. The van der Waals surface area contributed by atoms with Crippen LogP contribution in [0, 0.1) is 5.41 Å². The molecule has 2 heteroatoms. The highest BCUT2D eigenvalue weighted by molar-refractivity contribution is 5.97. The number of methoxy groups -OCH3 is 1. The molecule has 3 aliphatic carbocycles. The fourth-order valence-electron chi connectivity index (χ4n) is 4.93. The van der Waals surface area contributed by atoms with Gasteiger partial charge in [-0.2, -0.15) is 0 Å². The van der Waals surface area contributed by atoms with E-state index in [1.807, 2.05) is 0 Å². The van der Waals surface area contributed by atoms with Crippen LogP contribution in [0.4, 0.5) is 0 Å². The minimum Gasteiger partial charge on any atom is -0.497 e. The lowest BCUT2D eigenvalue weighted by atomic mass is 9.62. The number of benzene rings is 1. The summed E-state index contributed by atoms with van der Waals surface area (Å²) in [5.74, 6) is 1.85. The summed E-state index contributed by atoms with van der Waals surface area (Å²) >= 11 is 0. The number of rotatable bonds is 2. The lowest BCUT2D eigenvalue weighted by molar-refractivity contribution is -0.125. The van der Waals surface area contributed by atoms with Gasteiger partial charge in [0.2, 0.25) is 0 Å². The number of carbonyl (C=O) groups excluding carboxylic acids is 1. The maximum atomic E-state index is 12.6. The summed E-state index contributed by atoms with van der Waals surface area (Å²) in [7, 11) is 1.73. The number of hydrogen-bond acceptors (Lipinski definition) is 2. The summed E-state index contributed by atoms with van der Waals surface area (Å²) in [6.07, 6.45) is 6.85. The molecule has 0 saturated carbocycles. The molecule has 0 N–H and O–H groups in total. The van der Waals surface area contributed by atoms with E-state index in [1.54, 1.807) is 7.11 Å². The molecule has 2 atom stereocenters. The third kappa shape index (κ3) is 1.90. The first-order valence-corrected chi connectivity index (χ1v) is 8.75. The molecular weight excluding hydrogens is 284 g/mol. The molecule has 0 bridgehead atoms. The zero-order valence-electron chi connectivity index (χ0n) is 14.2. The molecule has 0 amide bonds. The molecule has 2 unspecified atom stereocenters. The Morgan fingerprint density at radius 3 is 2.87 bits per heavy atom. The predicted octanol–water partition coefficient (Wildman–Crippen LogP) is 5.05. The molecule has 2 nitrogen and oxygen atoms in total. The molecule has 4 rings (SSSR count). The Bertz CT molecular complexity index is 753. The number of ketones is 1. The topological polar surface area (TPSA) is 26.3 Å². The van der Waals surface area contributed by atoms with Gasteiger partial charge in [0.05, 0.1) is 12.5 Å². The van der Waals surface area contributed by atoms with Crippen molar-refractivity contribution in [1.29, 1.82) is 0 Å². The van der Waals surface area contributed by atoms with Crippen LogP contribution in [-0.4, -0.2) is 12.9 Å². The highest BCUT2D eigenvalue weighted by atomic mass is 16.5. The Kier molecular flexibility index (Phi) is 3.26.